The van der Waals surface area contributed by atoms with Crippen LogP contribution in [0.5, 0.6) is 0 Å². The van der Waals surface area contributed by atoms with Crippen molar-refractivity contribution in [2.45, 2.75) is 31.7 Å². The fourth-order valence-electron chi connectivity index (χ4n) is 1.88. The maximum absolute atomic E-state index is 12.4. The van der Waals surface area contributed by atoms with Crippen LogP contribution in [0.1, 0.15) is 23.1 Å². The summed E-state index contributed by atoms with van der Waals surface area (Å²) in [5.41, 5.74) is 0. The van der Waals surface area contributed by atoms with E-state index >= 15 is 0 Å². The molecule has 0 fully saturated rings. The molecule has 0 aliphatic rings. The fourth-order valence-corrected chi connectivity index (χ4v) is 4.50. The highest BCUT2D eigenvalue weighted by molar-refractivity contribution is 7.93. The van der Waals surface area contributed by atoms with E-state index in [2.05, 4.69) is 21.9 Å². The second-order valence-corrected chi connectivity index (χ2v) is 7.62. The van der Waals surface area contributed by atoms with Gasteiger partial charge in [-0.05, 0) is 38.1 Å². The molecule has 0 radical (unpaired) electrons. The van der Waals surface area contributed by atoms with Gasteiger partial charge < -0.3 is 5.32 Å². The number of thiophene rings is 1. The zero-order valence-electron chi connectivity index (χ0n) is 12.1. The Bertz CT molecular complexity index is 681. The first kappa shape index (κ1) is 15.9. The maximum Gasteiger partial charge on any atom is 0.264 e. The SMILES string of the molecule is CCCNCc1cc(S(=O)(=O)Nc2ccccn2)c(C)s1. The molecule has 0 amide bonds. The van der Waals surface area contributed by atoms with Crippen LogP contribution in [0.4, 0.5) is 5.82 Å². The number of nitrogens with zero attached hydrogens (tertiary/aromatic N) is 1. The number of aromatic nitrogens is 1. The lowest BCUT2D eigenvalue weighted by atomic mass is 10.4. The van der Waals surface area contributed by atoms with Crippen LogP contribution in [0.15, 0.2) is 35.4 Å². The third-order valence-corrected chi connectivity index (χ3v) is 5.50. The minimum Gasteiger partial charge on any atom is -0.312 e. The Labute approximate surface area is 129 Å². The van der Waals surface area contributed by atoms with Crippen molar-refractivity contribution in [1.82, 2.24) is 10.3 Å². The first-order valence-electron chi connectivity index (χ1n) is 6.77. The molecule has 0 saturated heterocycles. The third kappa shape index (κ3) is 4.26. The molecule has 2 aromatic heterocycles. The summed E-state index contributed by atoms with van der Waals surface area (Å²) in [7, 11) is -3.58. The third-order valence-electron chi connectivity index (χ3n) is 2.84. The lowest BCUT2D eigenvalue weighted by Crippen LogP contribution is -2.14. The zero-order valence-corrected chi connectivity index (χ0v) is 13.7. The Morgan fingerprint density at radius 3 is 2.81 bits per heavy atom. The summed E-state index contributed by atoms with van der Waals surface area (Å²) < 4.78 is 27.3. The summed E-state index contributed by atoms with van der Waals surface area (Å²) in [5.74, 6) is 0.328. The fraction of sp³-hybridized carbons (Fsp3) is 0.357. The van der Waals surface area contributed by atoms with Crippen molar-refractivity contribution in [1.29, 1.82) is 0 Å². The van der Waals surface area contributed by atoms with E-state index in [0.717, 1.165) is 22.7 Å². The monoisotopic (exact) mass is 325 g/mol. The van der Waals surface area contributed by atoms with E-state index in [1.165, 1.54) is 11.3 Å². The van der Waals surface area contributed by atoms with Crippen molar-refractivity contribution in [3.05, 3.63) is 40.2 Å². The van der Waals surface area contributed by atoms with Gasteiger partial charge in [-0.15, -0.1) is 11.3 Å². The van der Waals surface area contributed by atoms with Crippen LogP contribution < -0.4 is 10.0 Å². The molecule has 0 aliphatic heterocycles. The predicted octanol–water partition coefficient (Wildman–Crippen LogP) is 2.75. The molecule has 0 spiro atoms. The summed E-state index contributed by atoms with van der Waals surface area (Å²) in [6.45, 7) is 5.53. The molecule has 21 heavy (non-hydrogen) atoms. The van der Waals surface area contributed by atoms with E-state index in [-0.39, 0.29) is 0 Å². The van der Waals surface area contributed by atoms with E-state index in [1.807, 2.05) is 6.92 Å². The largest absolute Gasteiger partial charge is 0.312 e. The van der Waals surface area contributed by atoms with Crippen molar-refractivity contribution in [3.63, 3.8) is 0 Å². The Morgan fingerprint density at radius 2 is 2.14 bits per heavy atom. The molecule has 0 saturated carbocycles. The molecule has 0 atom stereocenters. The van der Waals surface area contributed by atoms with Crippen molar-refractivity contribution in [2.24, 2.45) is 0 Å². The summed E-state index contributed by atoms with van der Waals surface area (Å²) in [4.78, 5) is 6.11. The van der Waals surface area contributed by atoms with E-state index in [9.17, 15) is 8.42 Å². The molecule has 0 aromatic carbocycles. The number of pyridine rings is 1. The zero-order chi connectivity index (χ0) is 15.3. The number of hydrogen-bond acceptors (Lipinski definition) is 5. The highest BCUT2D eigenvalue weighted by atomic mass is 32.2. The molecule has 0 bridgehead atoms. The highest BCUT2D eigenvalue weighted by Gasteiger charge is 2.20. The predicted molar refractivity (Wildman–Crippen MR) is 86.1 cm³/mol. The number of anilines is 1. The lowest BCUT2D eigenvalue weighted by molar-refractivity contribution is 0.600. The molecular formula is C14H19N3O2S2. The summed E-state index contributed by atoms with van der Waals surface area (Å²) in [5, 5.41) is 3.28. The Morgan fingerprint density at radius 1 is 1.33 bits per heavy atom. The van der Waals surface area contributed by atoms with Crippen LogP contribution in [0.2, 0.25) is 0 Å². The molecule has 2 N–H and O–H groups in total. The molecule has 2 rings (SSSR count). The standard InChI is InChI=1S/C14H19N3O2S2/c1-3-7-15-10-12-9-13(11(2)20-12)21(18,19)17-14-6-4-5-8-16-14/h4-6,8-9,15H,3,7,10H2,1-2H3,(H,16,17). The minimum absolute atomic E-state index is 0.325. The van der Waals surface area contributed by atoms with Gasteiger partial charge in [-0.1, -0.05) is 13.0 Å². The van der Waals surface area contributed by atoms with E-state index in [1.54, 1.807) is 30.5 Å². The highest BCUT2D eigenvalue weighted by Crippen LogP contribution is 2.27. The van der Waals surface area contributed by atoms with E-state index in [4.69, 9.17) is 0 Å². The van der Waals surface area contributed by atoms with Gasteiger partial charge in [0.15, 0.2) is 0 Å². The molecule has 114 valence electrons. The Hall–Kier alpha value is -1.44. The van der Waals surface area contributed by atoms with Gasteiger partial charge in [0.2, 0.25) is 0 Å². The Kier molecular flexibility index (Phi) is 5.33. The van der Waals surface area contributed by atoms with Crippen molar-refractivity contribution in [2.75, 3.05) is 11.3 Å². The molecule has 5 nitrogen and oxygen atoms in total. The number of sulfonamides is 1. The van der Waals surface area contributed by atoms with Crippen LogP contribution in [0, 0.1) is 6.92 Å². The Balaban J connectivity index is 2.16. The quantitative estimate of drug-likeness (QED) is 0.768. The van der Waals surface area contributed by atoms with Gasteiger partial charge in [-0.2, -0.15) is 0 Å². The van der Waals surface area contributed by atoms with E-state index in [0.29, 0.717) is 17.3 Å². The van der Waals surface area contributed by atoms with Crippen LogP contribution in [-0.4, -0.2) is 19.9 Å². The molecule has 0 unspecified atom stereocenters. The average molecular weight is 325 g/mol. The van der Waals surface area contributed by atoms with Gasteiger partial charge in [0, 0.05) is 22.5 Å². The normalized spacial score (nSPS) is 11.5. The summed E-state index contributed by atoms with van der Waals surface area (Å²) in [6, 6.07) is 6.84. The molecule has 0 aliphatic carbocycles. The first-order valence-corrected chi connectivity index (χ1v) is 9.07. The number of rotatable bonds is 7. The number of aryl methyl sites for hydroxylation is 1. The van der Waals surface area contributed by atoms with Crippen molar-refractivity contribution >= 4 is 27.2 Å². The summed E-state index contributed by atoms with van der Waals surface area (Å²) >= 11 is 1.50. The molecule has 7 heteroatoms. The van der Waals surface area contributed by atoms with Gasteiger partial charge in [0.1, 0.15) is 10.7 Å². The van der Waals surface area contributed by atoms with Gasteiger partial charge in [0.25, 0.3) is 10.0 Å². The molecule has 2 heterocycles. The molecular weight excluding hydrogens is 306 g/mol. The second kappa shape index (κ2) is 7.02. The number of hydrogen-bond donors (Lipinski definition) is 2. The first-order chi connectivity index (χ1) is 10.0. The topological polar surface area (TPSA) is 71.1 Å². The van der Waals surface area contributed by atoms with Crippen molar-refractivity contribution in [3.8, 4) is 0 Å². The minimum atomic E-state index is -3.58. The lowest BCUT2D eigenvalue weighted by Gasteiger charge is -2.06. The van der Waals surface area contributed by atoms with E-state index < -0.39 is 10.0 Å². The average Bonchev–Trinajstić information content (AvgIpc) is 2.82. The van der Waals surface area contributed by atoms with Gasteiger partial charge >= 0.3 is 0 Å². The van der Waals surface area contributed by atoms with Crippen LogP contribution in [0.25, 0.3) is 0 Å². The van der Waals surface area contributed by atoms with Crippen LogP contribution >= 0.6 is 11.3 Å². The van der Waals surface area contributed by atoms with Crippen LogP contribution in [0.3, 0.4) is 0 Å². The van der Waals surface area contributed by atoms with Gasteiger partial charge in [-0.3, -0.25) is 4.72 Å². The van der Waals surface area contributed by atoms with Crippen molar-refractivity contribution < 1.29 is 8.42 Å². The molecule has 2 aromatic rings. The number of nitrogens with one attached hydrogen (secondary N) is 2. The smallest absolute Gasteiger partial charge is 0.264 e. The van der Waals surface area contributed by atoms with Gasteiger partial charge in [0.05, 0.1) is 0 Å². The van der Waals surface area contributed by atoms with Crippen LogP contribution in [-0.2, 0) is 16.6 Å². The second-order valence-electron chi connectivity index (χ2n) is 4.63. The maximum atomic E-state index is 12.4. The summed E-state index contributed by atoms with van der Waals surface area (Å²) in [6.07, 6.45) is 2.61. The van der Waals surface area contributed by atoms with Gasteiger partial charge in [-0.25, -0.2) is 13.4 Å².